The third-order valence-corrected chi connectivity index (χ3v) is 7.27. The summed E-state index contributed by atoms with van der Waals surface area (Å²) >= 11 is 0. The molecule has 1 atom stereocenters. The maximum atomic E-state index is 12.9. The number of nitrogens with zero attached hydrogens (tertiary/aromatic N) is 2. The molecule has 0 aliphatic rings. The van der Waals surface area contributed by atoms with Crippen molar-refractivity contribution in [2.45, 2.75) is 45.6 Å². The predicted octanol–water partition coefficient (Wildman–Crippen LogP) is 2.22. The van der Waals surface area contributed by atoms with E-state index in [-0.39, 0.29) is 21.8 Å². The average molecular weight is 468 g/mol. The van der Waals surface area contributed by atoms with Crippen molar-refractivity contribution in [3.8, 4) is 0 Å². The number of hydrogen-bond donors (Lipinski definition) is 1. The highest BCUT2D eigenvalue weighted by Crippen LogP contribution is 2.22. The Morgan fingerprint density at radius 2 is 1.75 bits per heavy atom. The van der Waals surface area contributed by atoms with E-state index in [0.717, 1.165) is 0 Å². The molecule has 32 heavy (non-hydrogen) atoms. The van der Waals surface area contributed by atoms with Crippen LogP contribution in [0.4, 0.5) is 0 Å². The fourth-order valence-corrected chi connectivity index (χ4v) is 5.00. The van der Waals surface area contributed by atoms with E-state index in [1.807, 2.05) is 0 Å². The fraction of sp³-hybridized carbons (Fsp3) is 0.476. The van der Waals surface area contributed by atoms with Crippen molar-refractivity contribution in [1.82, 2.24) is 13.9 Å². The van der Waals surface area contributed by atoms with E-state index in [9.17, 15) is 22.8 Å². The van der Waals surface area contributed by atoms with E-state index >= 15 is 0 Å². The van der Waals surface area contributed by atoms with Gasteiger partial charge in [0.25, 0.3) is 0 Å². The van der Waals surface area contributed by atoms with Crippen molar-refractivity contribution < 1.29 is 32.3 Å². The first-order chi connectivity index (χ1) is 14.9. The number of aryl methyl sites for hydroxylation is 2. The van der Waals surface area contributed by atoms with Crippen LogP contribution in [0.5, 0.6) is 0 Å². The van der Waals surface area contributed by atoms with E-state index in [1.54, 1.807) is 27.7 Å². The molecule has 0 amide bonds. The molecule has 1 N–H and O–H groups in total. The van der Waals surface area contributed by atoms with E-state index in [4.69, 9.17) is 9.47 Å². The molecule has 0 aromatic carbocycles. The SMILES string of the molecule is CCN(CC)S(=O)(=O)c1cc(C(=O)OC(C)C(=O)c2[nH]c(C)c(C(=O)OC)c2C)n(C)c1. The second kappa shape index (κ2) is 9.70. The lowest BCUT2D eigenvalue weighted by Gasteiger charge is -2.17. The number of carbonyl (C=O) groups is 3. The van der Waals surface area contributed by atoms with Gasteiger partial charge in [-0.05, 0) is 32.4 Å². The number of rotatable bonds is 9. The summed E-state index contributed by atoms with van der Waals surface area (Å²) in [6.07, 6.45) is 0.153. The lowest BCUT2D eigenvalue weighted by molar-refractivity contribution is 0.0307. The third kappa shape index (κ3) is 4.63. The summed E-state index contributed by atoms with van der Waals surface area (Å²) in [7, 11) is -0.990. The Morgan fingerprint density at radius 1 is 1.16 bits per heavy atom. The molecule has 0 spiro atoms. The van der Waals surface area contributed by atoms with Crippen molar-refractivity contribution in [3.63, 3.8) is 0 Å². The van der Waals surface area contributed by atoms with Crippen LogP contribution in [-0.4, -0.2) is 66.3 Å². The summed E-state index contributed by atoms with van der Waals surface area (Å²) in [5.74, 6) is -1.95. The normalized spacial score (nSPS) is 12.6. The van der Waals surface area contributed by atoms with Crippen LogP contribution >= 0.6 is 0 Å². The Bertz CT molecular complexity index is 1140. The molecule has 0 radical (unpaired) electrons. The number of aromatic nitrogens is 2. The topological polar surface area (TPSA) is 128 Å². The number of carbonyl (C=O) groups excluding carboxylic acids is 3. The van der Waals surface area contributed by atoms with Crippen LogP contribution in [0.3, 0.4) is 0 Å². The summed E-state index contributed by atoms with van der Waals surface area (Å²) in [6.45, 7) is 8.67. The molecule has 0 saturated carbocycles. The smallest absolute Gasteiger partial charge is 0.355 e. The summed E-state index contributed by atoms with van der Waals surface area (Å²) in [5, 5.41) is 0. The molecule has 1 unspecified atom stereocenters. The molecule has 176 valence electrons. The molecular formula is C21H29N3O7S. The lowest BCUT2D eigenvalue weighted by atomic mass is 10.1. The zero-order chi connectivity index (χ0) is 24.4. The van der Waals surface area contributed by atoms with Gasteiger partial charge in [-0.25, -0.2) is 18.0 Å². The first kappa shape index (κ1) is 25.3. The minimum absolute atomic E-state index is 0.00924. The molecule has 0 aliphatic carbocycles. The molecule has 2 aromatic heterocycles. The highest BCUT2D eigenvalue weighted by atomic mass is 32.2. The maximum Gasteiger partial charge on any atom is 0.355 e. The zero-order valence-electron chi connectivity index (χ0n) is 19.3. The molecule has 0 aliphatic heterocycles. The van der Waals surface area contributed by atoms with Gasteiger partial charge < -0.3 is 19.0 Å². The van der Waals surface area contributed by atoms with Gasteiger partial charge in [-0.1, -0.05) is 13.8 Å². The van der Waals surface area contributed by atoms with E-state index in [2.05, 4.69) is 4.98 Å². The molecule has 11 heteroatoms. The number of H-pyrrole nitrogens is 1. The van der Waals surface area contributed by atoms with Crippen LogP contribution in [0.25, 0.3) is 0 Å². The Morgan fingerprint density at radius 3 is 2.28 bits per heavy atom. The molecule has 2 rings (SSSR count). The maximum absolute atomic E-state index is 12.9. The van der Waals surface area contributed by atoms with Crippen molar-refractivity contribution in [2.75, 3.05) is 20.2 Å². The number of esters is 2. The van der Waals surface area contributed by atoms with Gasteiger partial charge >= 0.3 is 11.9 Å². The predicted molar refractivity (Wildman–Crippen MR) is 116 cm³/mol. The number of Topliss-reactive ketones (excluding diaryl/α,β-unsaturated/α-hetero) is 1. The van der Waals surface area contributed by atoms with Crippen LogP contribution in [0.2, 0.25) is 0 Å². The average Bonchev–Trinajstić information content (AvgIpc) is 3.27. The number of hydrogen-bond acceptors (Lipinski definition) is 7. The van der Waals surface area contributed by atoms with E-state index < -0.39 is 33.8 Å². The van der Waals surface area contributed by atoms with Crippen LogP contribution < -0.4 is 0 Å². The van der Waals surface area contributed by atoms with Crippen molar-refractivity contribution in [2.24, 2.45) is 7.05 Å². The second-order valence-electron chi connectivity index (χ2n) is 7.29. The van der Waals surface area contributed by atoms with Gasteiger partial charge in [-0.2, -0.15) is 4.31 Å². The van der Waals surface area contributed by atoms with Gasteiger partial charge in [0.2, 0.25) is 15.8 Å². The minimum atomic E-state index is -3.75. The van der Waals surface area contributed by atoms with Crippen LogP contribution in [0.15, 0.2) is 17.2 Å². The monoisotopic (exact) mass is 467 g/mol. The van der Waals surface area contributed by atoms with Gasteiger partial charge in [0.15, 0.2) is 6.10 Å². The number of ether oxygens (including phenoxy) is 2. The quantitative estimate of drug-likeness (QED) is 0.442. The number of aromatic amines is 1. The third-order valence-electron chi connectivity index (χ3n) is 5.26. The molecule has 2 heterocycles. The second-order valence-corrected chi connectivity index (χ2v) is 9.23. The van der Waals surface area contributed by atoms with Crippen LogP contribution in [0, 0.1) is 13.8 Å². The lowest BCUT2D eigenvalue weighted by Crippen LogP contribution is -2.30. The van der Waals surface area contributed by atoms with Crippen molar-refractivity contribution in [1.29, 1.82) is 0 Å². The molecule has 10 nitrogen and oxygen atoms in total. The number of ketones is 1. The van der Waals surface area contributed by atoms with Gasteiger partial charge in [-0.3, -0.25) is 4.79 Å². The Labute approximate surface area is 187 Å². The zero-order valence-corrected chi connectivity index (χ0v) is 20.1. The van der Waals surface area contributed by atoms with Gasteiger partial charge in [-0.15, -0.1) is 0 Å². The van der Waals surface area contributed by atoms with Crippen molar-refractivity contribution in [3.05, 3.63) is 40.5 Å². The van der Waals surface area contributed by atoms with Crippen LogP contribution in [-0.2, 0) is 26.5 Å². The minimum Gasteiger partial charge on any atom is -0.465 e. The summed E-state index contributed by atoms with van der Waals surface area (Å²) in [4.78, 5) is 40.3. The van der Waals surface area contributed by atoms with E-state index in [1.165, 1.54) is 42.2 Å². The molecule has 0 bridgehead atoms. The number of sulfonamides is 1. The molecule has 2 aromatic rings. The van der Waals surface area contributed by atoms with Crippen LogP contribution in [0.1, 0.15) is 63.4 Å². The van der Waals surface area contributed by atoms with Crippen molar-refractivity contribution >= 4 is 27.7 Å². The molecule has 0 saturated heterocycles. The molecular weight excluding hydrogens is 438 g/mol. The van der Waals surface area contributed by atoms with Gasteiger partial charge in [0, 0.05) is 32.0 Å². The Kier molecular flexibility index (Phi) is 7.68. The first-order valence-electron chi connectivity index (χ1n) is 10.1. The summed E-state index contributed by atoms with van der Waals surface area (Å²) < 4.78 is 38.1. The Balaban J connectivity index is 2.26. The van der Waals surface area contributed by atoms with Gasteiger partial charge in [0.05, 0.1) is 18.4 Å². The number of methoxy groups -OCH3 is 1. The highest BCUT2D eigenvalue weighted by molar-refractivity contribution is 7.89. The standard InChI is InChI=1S/C21H29N3O7S/c1-8-24(9-2)32(28,29)15-10-16(23(6)11-15)20(26)31-14(5)19(25)18-12(3)17(13(4)22-18)21(27)30-7/h10-11,14,22H,8-9H2,1-7H3. The summed E-state index contributed by atoms with van der Waals surface area (Å²) in [6, 6.07) is 1.23. The largest absolute Gasteiger partial charge is 0.465 e. The number of nitrogens with one attached hydrogen (secondary N) is 1. The molecule has 0 fully saturated rings. The summed E-state index contributed by atoms with van der Waals surface area (Å²) in [5.41, 5.74) is 1.24. The first-order valence-corrected chi connectivity index (χ1v) is 11.5. The van der Waals surface area contributed by atoms with Gasteiger partial charge in [0.1, 0.15) is 10.6 Å². The fourth-order valence-electron chi connectivity index (χ4n) is 3.47. The van der Waals surface area contributed by atoms with E-state index in [0.29, 0.717) is 24.3 Å². The Hall–Kier alpha value is -2.92. The highest BCUT2D eigenvalue weighted by Gasteiger charge is 2.30.